The molecule has 0 saturated heterocycles. The molecule has 0 aliphatic carbocycles. The Bertz CT molecular complexity index is 623. The molecule has 1 aromatic carbocycles. The largest absolute Gasteiger partial charge is 0.392 e. The summed E-state index contributed by atoms with van der Waals surface area (Å²) in [4.78, 5) is -0.335. The Morgan fingerprint density at radius 2 is 2.05 bits per heavy atom. The fourth-order valence-electron chi connectivity index (χ4n) is 1.55. The highest BCUT2D eigenvalue weighted by atomic mass is 35.5. The van der Waals surface area contributed by atoms with Crippen LogP contribution in [-0.2, 0) is 10.0 Å². The zero-order chi connectivity index (χ0) is 15.5. The molecular formula is C11H13Cl2FN2O2S2. The summed E-state index contributed by atoms with van der Waals surface area (Å²) in [5.74, 6) is -0.971. The summed E-state index contributed by atoms with van der Waals surface area (Å²) in [5, 5.41) is -0.785. The fourth-order valence-corrected chi connectivity index (χ4v) is 4.02. The van der Waals surface area contributed by atoms with Crippen molar-refractivity contribution in [3.05, 3.63) is 28.0 Å². The summed E-state index contributed by atoms with van der Waals surface area (Å²) in [6.45, 7) is 1.86. The van der Waals surface area contributed by atoms with E-state index in [0.717, 1.165) is 16.4 Å². The minimum Gasteiger partial charge on any atom is -0.392 e. The van der Waals surface area contributed by atoms with Crippen LogP contribution in [0.5, 0.6) is 0 Å². The summed E-state index contributed by atoms with van der Waals surface area (Å²) < 4.78 is 39.6. The topological polar surface area (TPSA) is 63.4 Å². The van der Waals surface area contributed by atoms with Gasteiger partial charge in [0.25, 0.3) is 0 Å². The lowest BCUT2D eigenvalue weighted by Crippen LogP contribution is -2.38. The van der Waals surface area contributed by atoms with Gasteiger partial charge >= 0.3 is 0 Å². The van der Waals surface area contributed by atoms with Gasteiger partial charge in [-0.3, -0.25) is 0 Å². The molecule has 112 valence electrons. The normalized spacial score (nSPS) is 11.8. The molecule has 0 bridgehead atoms. The van der Waals surface area contributed by atoms with Crippen molar-refractivity contribution in [3.63, 3.8) is 0 Å². The number of nitrogens with two attached hydrogens (primary N) is 1. The number of thiocarbonyl (C=S) groups is 1. The van der Waals surface area contributed by atoms with Gasteiger partial charge in [0.1, 0.15) is 4.90 Å². The van der Waals surface area contributed by atoms with E-state index in [4.69, 9.17) is 41.2 Å². The molecule has 0 fully saturated rings. The summed E-state index contributed by atoms with van der Waals surface area (Å²) in [6, 6.07) is 2.30. The summed E-state index contributed by atoms with van der Waals surface area (Å²) in [5.41, 5.74) is 5.39. The van der Waals surface area contributed by atoms with E-state index in [1.165, 1.54) is 0 Å². The van der Waals surface area contributed by atoms with Crippen LogP contribution in [-0.4, -0.2) is 30.8 Å². The Hall–Kier alpha value is -0.470. The highest BCUT2D eigenvalue weighted by Crippen LogP contribution is 2.31. The third kappa shape index (κ3) is 3.79. The Morgan fingerprint density at radius 3 is 2.55 bits per heavy atom. The molecule has 0 saturated carbocycles. The number of hydrogen-bond acceptors (Lipinski definition) is 3. The zero-order valence-electron chi connectivity index (χ0n) is 10.6. The number of sulfonamides is 1. The van der Waals surface area contributed by atoms with E-state index in [2.05, 4.69) is 0 Å². The number of rotatable bonds is 6. The Kier molecular flexibility index (Phi) is 6.15. The molecule has 2 N–H and O–H groups in total. The van der Waals surface area contributed by atoms with E-state index < -0.39 is 20.9 Å². The van der Waals surface area contributed by atoms with E-state index in [0.29, 0.717) is 6.42 Å². The molecule has 0 aliphatic heterocycles. The van der Waals surface area contributed by atoms with Gasteiger partial charge in [-0.25, -0.2) is 12.8 Å². The van der Waals surface area contributed by atoms with Crippen LogP contribution in [0.25, 0.3) is 0 Å². The van der Waals surface area contributed by atoms with Crippen molar-refractivity contribution in [2.75, 3.05) is 13.1 Å². The first kappa shape index (κ1) is 17.6. The molecule has 0 amide bonds. The minimum absolute atomic E-state index is 0.0209. The predicted molar refractivity (Wildman–Crippen MR) is 82.3 cm³/mol. The van der Waals surface area contributed by atoms with Crippen LogP contribution in [0.15, 0.2) is 17.0 Å². The molecular weight excluding hydrogens is 346 g/mol. The first-order valence-corrected chi connectivity index (χ1v) is 8.24. The second-order valence-corrected chi connectivity index (χ2v) is 7.19. The average molecular weight is 359 g/mol. The van der Waals surface area contributed by atoms with Crippen molar-refractivity contribution in [1.82, 2.24) is 4.31 Å². The van der Waals surface area contributed by atoms with E-state index in [9.17, 15) is 12.8 Å². The Labute approximate surface area is 132 Å². The van der Waals surface area contributed by atoms with E-state index in [1.54, 1.807) is 6.92 Å². The molecule has 20 heavy (non-hydrogen) atoms. The van der Waals surface area contributed by atoms with Gasteiger partial charge in [-0.05, 0) is 18.6 Å². The van der Waals surface area contributed by atoms with Gasteiger partial charge in [-0.2, -0.15) is 4.31 Å². The molecule has 0 aromatic heterocycles. The molecule has 0 unspecified atom stereocenters. The number of nitrogens with zero attached hydrogens (tertiary/aromatic N) is 1. The Morgan fingerprint density at radius 1 is 1.45 bits per heavy atom. The van der Waals surface area contributed by atoms with Crippen molar-refractivity contribution in [2.45, 2.75) is 18.2 Å². The summed E-state index contributed by atoms with van der Waals surface area (Å²) in [6.07, 6.45) is 0.551. The standard InChI is InChI=1S/C11H13Cl2FN2O2S2/c1-2-5-16(6-9(15)19)20(17,18)8-4-3-7(12)11(14)10(8)13/h3-4H,2,5-6H2,1H3,(H2,15,19). The SMILES string of the molecule is CCCN(CC(N)=S)S(=O)(=O)c1ccc(Cl)c(F)c1Cl. The number of hydrogen-bond donors (Lipinski definition) is 1. The van der Waals surface area contributed by atoms with Gasteiger partial charge in [0.2, 0.25) is 10.0 Å². The lowest BCUT2D eigenvalue weighted by molar-refractivity contribution is 0.449. The molecule has 4 nitrogen and oxygen atoms in total. The zero-order valence-corrected chi connectivity index (χ0v) is 13.7. The van der Waals surface area contributed by atoms with Crippen molar-refractivity contribution >= 4 is 50.4 Å². The van der Waals surface area contributed by atoms with Crippen LogP contribution in [0.3, 0.4) is 0 Å². The van der Waals surface area contributed by atoms with E-state index >= 15 is 0 Å². The second kappa shape index (κ2) is 7.00. The van der Waals surface area contributed by atoms with Gasteiger partial charge in [-0.15, -0.1) is 0 Å². The highest BCUT2D eigenvalue weighted by Gasteiger charge is 2.28. The average Bonchev–Trinajstić information content (AvgIpc) is 2.34. The van der Waals surface area contributed by atoms with Gasteiger partial charge in [0, 0.05) is 6.54 Å². The van der Waals surface area contributed by atoms with Crippen LogP contribution in [0.4, 0.5) is 4.39 Å². The number of benzene rings is 1. The van der Waals surface area contributed by atoms with Crippen LogP contribution >= 0.6 is 35.4 Å². The first-order chi connectivity index (χ1) is 9.21. The van der Waals surface area contributed by atoms with E-state index in [-0.39, 0.29) is 28.0 Å². The lowest BCUT2D eigenvalue weighted by atomic mass is 10.3. The maximum absolute atomic E-state index is 13.6. The molecule has 0 aliphatic rings. The molecule has 1 aromatic rings. The molecule has 0 atom stereocenters. The maximum Gasteiger partial charge on any atom is 0.245 e. The van der Waals surface area contributed by atoms with Gasteiger partial charge < -0.3 is 5.73 Å². The first-order valence-electron chi connectivity index (χ1n) is 5.63. The molecule has 0 heterocycles. The molecule has 9 heteroatoms. The monoisotopic (exact) mass is 358 g/mol. The van der Waals surface area contributed by atoms with Crippen LogP contribution in [0, 0.1) is 5.82 Å². The van der Waals surface area contributed by atoms with Gasteiger partial charge in [0.15, 0.2) is 5.82 Å². The third-order valence-corrected chi connectivity index (χ3v) is 5.21. The summed E-state index contributed by atoms with van der Waals surface area (Å²) >= 11 is 16.0. The van der Waals surface area contributed by atoms with Crippen LogP contribution in [0.1, 0.15) is 13.3 Å². The minimum atomic E-state index is -3.99. The third-order valence-electron chi connectivity index (χ3n) is 2.42. The smallest absolute Gasteiger partial charge is 0.245 e. The van der Waals surface area contributed by atoms with Crippen molar-refractivity contribution in [1.29, 1.82) is 0 Å². The lowest BCUT2D eigenvalue weighted by Gasteiger charge is -2.21. The molecule has 0 spiro atoms. The Balaban J connectivity index is 3.33. The second-order valence-electron chi connectivity index (χ2n) is 3.98. The maximum atomic E-state index is 13.6. The van der Waals surface area contributed by atoms with Crippen LogP contribution < -0.4 is 5.73 Å². The number of halogens is 3. The summed E-state index contributed by atoms with van der Waals surface area (Å²) in [7, 11) is -3.99. The van der Waals surface area contributed by atoms with E-state index in [1.807, 2.05) is 0 Å². The van der Waals surface area contributed by atoms with Gasteiger partial charge in [0.05, 0.1) is 21.6 Å². The molecule has 0 radical (unpaired) electrons. The highest BCUT2D eigenvalue weighted by molar-refractivity contribution is 7.89. The molecule has 1 rings (SSSR count). The quantitative estimate of drug-likeness (QED) is 0.627. The van der Waals surface area contributed by atoms with Crippen LogP contribution in [0.2, 0.25) is 10.0 Å². The van der Waals surface area contributed by atoms with Crippen molar-refractivity contribution in [3.8, 4) is 0 Å². The fraction of sp³-hybridized carbons (Fsp3) is 0.364. The van der Waals surface area contributed by atoms with Crippen molar-refractivity contribution < 1.29 is 12.8 Å². The predicted octanol–water partition coefficient (Wildman–Crippen LogP) is 2.82. The van der Waals surface area contributed by atoms with Gasteiger partial charge in [-0.1, -0.05) is 42.3 Å². The van der Waals surface area contributed by atoms with Crippen molar-refractivity contribution in [2.24, 2.45) is 5.73 Å².